The summed E-state index contributed by atoms with van der Waals surface area (Å²) in [4.78, 5) is 29.4. The lowest BCUT2D eigenvalue weighted by Crippen LogP contribution is -2.54. The van der Waals surface area contributed by atoms with Crippen molar-refractivity contribution in [3.05, 3.63) is 26.7 Å². The highest BCUT2D eigenvalue weighted by atomic mass is 19.4. The maximum atomic E-state index is 13.2. The summed E-state index contributed by atoms with van der Waals surface area (Å²) in [6.07, 6.45) is -4.69. The van der Waals surface area contributed by atoms with E-state index in [4.69, 9.17) is 0 Å². The fourth-order valence-electron chi connectivity index (χ4n) is 3.24. The monoisotopic (exact) mass is 360 g/mol. The Kier molecular flexibility index (Phi) is 3.52. The lowest BCUT2D eigenvalue weighted by Gasteiger charge is -2.35. The Bertz CT molecular complexity index is 977. The molecule has 3 rings (SSSR count). The molecule has 0 radical (unpaired) electrons. The van der Waals surface area contributed by atoms with E-state index in [1.807, 2.05) is 0 Å². The number of hydrogen-bond donors (Lipinski definition) is 1. The van der Waals surface area contributed by atoms with Crippen LogP contribution < -0.4 is 11.2 Å². The summed E-state index contributed by atoms with van der Waals surface area (Å²) in [5.74, 6) is 0.503. The van der Waals surface area contributed by atoms with Crippen LogP contribution in [0.2, 0.25) is 0 Å². The fourth-order valence-corrected chi connectivity index (χ4v) is 3.24. The summed E-state index contributed by atoms with van der Waals surface area (Å²) < 4.78 is 43.1. The van der Waals surface area contributed by atoms with Gasteiger partial charge in [-0.15, -0.1) is 0 Å². The van der Waals surface area contributed by atoms with Gasteiger partial charge in [-0.1, -0.05) is 0 Å². The summed E-state index contributed by atoms with van der Waals surface area (Å²) in [5, 5.41) is 10.1. The molecule has 138 valence electrons. The van der Waals surface area contributed by atoms with E-state index >= 15 is 0 Å². The molecule has 1 unspecified atom stereocenters. The van der Waals surface area contributed by atoms with Crippen LogP contribution in [0.15, 0.2) is 9.59 Å². The van der Waals surface area contributed by atoms with E-state index in [0.29, 0.717) is 12.7 Å². The van der Waals surface area contributed by atoms with Crippen molar-refractivity contribution in [2.45, 2.75) is 45.0 Å². The third-order valence-electron chi connectivity index (χ3n) is 5.48. The van der Waals surface area contributed by atoms with Gasteiger partial charge in [0.1, 0.15) is 5.82 Å². The molecule has 1 fully saturated rings. The topological polar surface area (TPSA) is 82.1 Å². The Morgan fingerprint density at radius 1 is 1.20 bits per heavy atom. The van der Waals surface area contributed by atoms with E-state index in [0.717, 1.165) is 9.13 Å². The highest BCUT2D eigenvalue weighted by molar-refractivity contribution is 5.70. The number of alkyl halides is 3. The molecule has 1 saturated carbocycles. The molecular formula is C15H19F3N4O3. The minimum atomic E-state index is -4.86. The number of rotatable bonds is 3. The largest absolute Gasteiger partial charge is 0.417 e. The fraction of sp³-hybridized carbons (Fsp3) is 0.667. The van der Waals surface area contributed by atoms with E-state index in [1.165, 1.54) is 11.6 Å². The van der Waals surface area contributed by atoms with Gasteiger partial charge in [0.25, 0.3) is 5.56 Å². The van der Waals surface area contributed by atoms with Gasteiger partial charge < -0.3 is 9.67 Å². The van der Waals surface area contributed by atoms with Crippen molar-refractivity contribution in [2.75, 3.05) is 0 Å². The van der Waals surface area contributed by atoms with Crippen LogP contribution in [0, 0.1) is 12.3 Å². The molecule has 0 bridgehead atoms. The smallest absolute Gasteiger partial charge is 0.380 e. The average molecular weight is 360 g/mol. The van der Waals surface area contributed by atoms with E-state index in [2.05, 4.69) is 4.98 Å². The highest BCUT2D eigenvalue weighted by Gasteiger charge is 2.68. The second-order valence-corrected chi connectivity index (χ2v) is 6.97. The SMILES string of the molecule is Cc1nc2c(c(=O)n(CC3(C(C)(O)C(F)(F)F)CC3)c(=O)n2C)n1C. The Hall–Kier alpha value is -2.10. The molecule has 1 aliphatic carbocycles. The molecule has 2 aromatic rings. The molecule has 0 amide bonds. The van der Waals surface area contributed by atoms with Gasteiger partial charge in [0, 0.05) is 26.1 Å². The Morgan fingerprint density at radius 2 is 1.76 bits per heavy atom. The number of nitrogens with zero attached hydrogens (tertiary/aromatic N) is 4. The van der Waals surface area contributed by atoms with Crippen molar-refractivity contribution in [3.8, 4) is 0 Å². The maximum Gasteiger partial charge on any atom is 0.417 e. The predicted molar refractivity (Wildman–Crippen MR) is 83.3 cm³/mol. The molecule has 2 aromatic heterocycles. The van der Waals surface area contributed by atoms with Crippen LogP contribution in [-0.4, -0.2) is 35.6 Å². The molecule has 7 nitrogen and oxygen atoms in total. The van der Waals surface area contributed by atoms with Crippen molar-refractivity contribution >= 4 is 11.2 Å². The summed E-state index contributed by atoms with van der Waals surface area (Å²) in [5.41, 5.74) is -5.70. The number of aryl methyl sites for hydroxylation is 3. The van der Waals surface area contributed by atoms with E-state index in [9.17, 15) is 27.9 Å². The van der Waals surface area contributed by atoms with Crippen LogP contribution in [-0.2, 0) is 20.6 Å². The third kappa shape index (κ3) is 2.26. The molecule has 0 aromatic carbocycles. The Morgan fingerprint density at radius 3 is 2.24 bits per heavy atom. The molecule has 25 heavy (non-hydrogen) atoms. The average Bonchev–Trinajstić information content (AvgIpc) is 3.23. The number of aromatic nitrogens is 4. The molecule has 0 aliphatic heterocycles. The van der Waals surface area contributed by atoms with Crippen LogP contribution in [0.1, 0.15) is 25.6 Å². The van der Waals surface area contributed by atoms with Gasteiger partial charge in [0.15, 0.2) is 16.8 Å². The van der Waals surface area contributed by atoms with Crippen molar-refractivity contribution in [2.24, 2.45) is 19.5 Å². The van der Waals surface area contributed by atoms with E-state index < -0.39 is 35.0 Å². The normalized spacial score (nSPS) is 19.2. The van der Waals surface area contributed by atoms with E-state index in [1.54, 1.807) is 14.0 Å². The first-order valence-electron chi connectivity index (χ1n) is 7.76. The van der Waals surface area contributed by atoms with Gasteiger partial charge >= 0.3 is 11.9 Å². The number of fused-ring (bicyclic) bond motifs is 1. The number of imidazole rings is 1. The third-order valence-corrected chi connectivity index (χ3v) is 5.48. The molecule has 0 saturated heterocycles. The summed E-state index contributed by atoms with van der Waals surface area (Å²) >= 11 is 0. The minimum absolute atomic E-state index is 0.0809. The molecular weight excluding hydrogens is 341 g/mol. The van der Waals surface area contributed by atoms with Crippen molar-refractivity contribution in [3.63, 3.8) is 0 Å². The van der Waals surface area contributed by atoms with Gasteiger partial charge in [-0.2, -0.15) is 13.2 Å². The first-order chi connectivity index (χ1) is 11.3. The lowest BCUT2D eigenvalue weighted by molar-refractivity contribution is -0.279. The van der Waals surface area contributed by atoms with Crippen molar-refractivity contribution < 1.29 is 18.3 Å². The first-order valence-corrected chi connectivity index (χ1v) is 7.76. The van der Waals surface area contributed by atoms with Crippen LogP contribution in [0.3, 0.4) is 0 Å². The standard InChI is InChI=1S/C15H19F3N4O3/c1-8-19-10-9(20(8)3)11(23)22(12(24)21(10)4)7-14(5-6-14)13(2,25)15(16,17)18/h25H,5-7H2,1-4H3. The van der Waals surface area contributed by atoms with Gasteiger partial charge in [-0.25, -0.2) is 9.78 Å². The lowest BCUT2D eigenvalue weighted by atomic mass is 9.85. The second-order valence-electron chi connectivity index (χ2n) is 6.97. The number of aliphatic hydroxyl groups is 1. The van der Waals surface area contributed by atoms with Gasteiger partial charge in [0.05, 0.1) is 0 Å². The van der Waals surface area contributed by atoms with Crippen molar-refractivity contribution in [1.82, 2.24) is 18.7 Å². The maximum absolute atomic E-state index is 13.2. The first kappa shape index (κ1) is 17.7. The molecule has 2 heterocycles. The zero-order valence-corrected chi connectivity index (χ0v) is 14.3. The van der Waals surface area contributed by atoms with Gasteiger partial charge in [-0.05, 0) is 26.7 Å². The Labute approximate surface area is 140 Å². The summed E-state index contributed by atoms with van der Waals surface area (Å²) in [7, 11) is 3.01. The van der Waals surface area contributed by atoms with Crippen LogP contribution in [0.4, 0.5) is 13.2 Å². The van der Waals surface area contributed by atoms with Crippen LogP contribution in [0.25, 0.3) is 11.2 Å². The highest BCUT2D eigenvalue weighted by Crippen LogP contribution is 2.59. The predicted octanol–water partition coefficient (Wildman–Crippen LogP) is 0.836. The van der Waals surface area contributed by atoms with Gasteiger partial charge in [-0.3, -0.25) is 13.9 Å². The molecule has 1 aliphatic rings. The Balaban J connectivity index is 2.20. The van der Waals surface area contributed by atoms with Crippen molar-refractivity contribution in [1.29, 1.82) is 0 Å². The second kappa shape index (κ2) is 4.96. The van der Waals surface area contributed by atoms with E-state index in [-0.39, 0.29) is 24.0 Å². The summed E-state index contributed by atoms with van der Waals surface area (Å²) in [6.45, 7) is 1.86. The van der Waals surface area contributed by atoms with Crippen LogP contribution in [0.5, 0.6) is 0 Å². The number of halogens is 3. The minimum Gasteiger partial charge on any atom is -0.380 e. The zero-order chi connectivity index (χ0) is 18.9. The molecule has 1 atom stereocenters. The summed E-state index contributed by atoms with van der Waals surface area (Å²) in [6, 6.07) is 0. The van der Waals surface area contributed by atoms with Gasteiger partial charge in [0.2, 0.25) is 0 Å². The zero-order valence-electron chi connectivity index (χ0n) is 14.3. The molecule has 1 N–H and O–H groups in total. The molecule has 10 heteroatoms. The molecule has 0 spiro atoms. The quantitative estimate of drug-likeness (QED) is 0.879. The van der Waals surface area contributed by atoms with Crippen LogP contribution >= 0.6 is 0 Å². The number of hydrogen-bond acceptors (Lipinski definition) is 4.